The first-order valence-electron chi connectivity index (χ1n) is 8.48. The SMILES string of the molecule is Cn1cc(/C=N\NC(=O)[C@@H]2[C@H]3CCCC[C@@]32C)c2ccccc21. The molecule has 1 N–H and O–H groups in total. The maximum Gasteiger partial charge on any atom is 0.244 e. The molecule has 0 radical (unpaired) electrons. The Morgan fingerprint density at radius 2 is 2.22 bits per heavy atom. The minimum absolute atomic E-state index is 0.0934. The number of carbonyl (C=O) groups excluding carboxylic acids is 1. The third-order valence-corrected chi connectivity index (χ3v) is 5.92. The quantitative estimate of drug-likeness (QED) is 0.685. The summed E-state index contributed by atoms with van der Waals surface area (Å²) in [5.74, 6) is 0.828. The zero-order valence-corrected chi connectivity index (χ0v) is 13.7. The van der Waals surface area contributed by atoms with Crippen LogP contribution in [0.3, 0.4) is 0 Å². The summed E-state index contributed by atoms with van der Waals surface area (Å²) in [5.41, 5.74) is 5.20. The summed E-state index contributed by atoms with van der Waals surface area (Å²) < 4.78 is 2.08. The Morgan fingerprint density at radius 3 is 3.00 bits per heavy atom. The average Bonchev–Trinajstić information content (AvgIpc) is 3.07. The fourth-order valence-corrected chi connectivity index (χ4v) is 4.56. The van der Waals surface area contributed by atoms with Crippen LogP contribution in [0.2, 0.25) is 0 Å². The number of nitrogens with one attached hydrogen (secondary N) is 1. The minimum Gasteiger partial charge on any atom is -0.350 e. The van der Waals surface area contributed by atoms with Crippen LogP contribution in [0.15, 0.2) is 35.6 Å². The molecule has 1 heterocycles. The van der Waals surface area contributed by atoms with E-state index in [4.69, 9.17) is 0 Å². The Kier molecular flexibility index (Phi) is 3.29. The van der Waals surface area contributed by atoms with Gasteiger partial charge in [0.05, 0.1) is 6.21 Å². The number of fused-ring (bicyclic) bond motifs is 2. The van der Waals surface area contributed by atoms with Crippen LogP contribution in [-0.2, 0) is 11.8 Å². The number of amides is 1. The summed E-state index contributed by atoms with van der Waals surface area (Å²) in [6, 6.07) is 8.21. The lowest BCUT2D eigenvalue weighted by molar-refractivity contribution is -0.123. The summed E-state index contributed by atoms with van der Waals surface area (Å²) in [4.78, 5) is 12.4. The van der Waals surface area contributed by atoms with Gasteiger partial charge in [0.1, 0.15) is 0 Å². The molecule has 0 aliphatic heterocycles. The van der Waals surface area contributed by atoms with Crippen molar-refractivity contribution in [2.45, 2.75) is 32.6 Å². The molecule has 0 bridgehead atoms. The molecule has 0 saturated heterocycles. The van der Waals surface area contributed by atoms with Crippen molar-refractivity contribution >= 4 is 23.0 Å². The van der Waals surface area contributed by atoms with Gasteiger partial charge in [0.15, 0.2) is 0 Å². The maximum atomic E-state index is 12.4. The molecule has 4 rings (SSSR count). The molecule has 23 heavy (non-hydrogen) atoms. The molecule has 0 unspecified atom stereocenters. The molecule has 2 fully saturated rings. The van der Waals surface area contributed by atoms with Crippen LogP contribution in [0.25, 0.3) is 10.9 Å². The number of hydrogen-bond donors (Lipinski definition) is 1. The van der Waals surface area contributed by atoms with E-state index in [0.29, 0.717) is 5.92 Å². The van der Waals surface area contributed by atoms with Gasteiger partial charge in [-0.05, 0) is 30.2 Å². The molecule has 4 heteroatoms. The van der Waals surface area contributed by atoms with E-state index in [2.05, 4.69) is 34.2 Å². The summed E-state index contributed by atoms with van der Waals surface area (Å²) in [5, 5.41) is 5.37. The Labute approximate surface area is 136 Å². The molecule has 0 spiro atoms. The van der Waals surface area contributed by atoms with Crippen LogP contribution in [0.4, 0.5) is 0 Å². The monoisotopic (exact) mass is 309 g/mol. The van der Waals surface area contributed by atoms with E-state index in [1.807, 2.05) is 25.4 Å². The summed E-state index contributed by atoms with van der Waals surface area (Å²) in [6.45, 7) is 2.26. The second-order valence-corrected chi connectivity index (χ2v) is 7.28. The fraction of sp³-hybridized carbons (Fsp3) is 0.474. The van der Waals surface area contributed by atoms with Gasteiger partial charge in [-0.2, -0.15) is 5.10 Å². The van der Waals surface area contributed by atoms with Gasteiger partial charge in [-0.1, -0.05) is 38.0 Å². The van der Waals surface area contributed by atoms with Crippen LogP contribution in [0.1, 0.15) is 38.2 Å². The van der Waals surface area contributed by atoms with Gasteiger partial charge in [0, 0.05) is 35.6 Å². The Hall–Kier alpha value is -2.10. The van der Waals surface area contributed by atoms with E-state index in [9.17, 15) is 4.79 Å². The average molecular weight is 309 g/mol. The van der Waals surface area contributed by atoms with Gasteiger partial charge in [0.25, 0.3) is 0 Å². The first kappa shape index (κ1) is 14.5. The van der Waals surface area contributed by atoms with Crippen LogP contribution >= 0.6 is 0 Å². The Balaban J connectivity index is 1.46. The van der Waals surface area contributed by atoms with Gasteiger partial charge in [0.2, 0.25) is 5.91 Å². The third-order valence-electron chi connectivity index (χ3n) is 5.92. The predicted molar refractivity (Wildman–Crippen MR) is 92.2 cm³/mol. The first-order chi connectivity index (χ1) is 11.1. The second kappa shape index (κ2) is 5.22. The first-order valence-corrected chi connectivity index (χ1v) is 8.48. The number of carbonyl (C=O) groups is 1. The lowest BCUT2D eigenvalue weighted by Gasteiger charge is -2.15. The van der Waals surface area contributed by atoms with E-state index < -0.39 is 0 Å². The number of para-hydroxylation sites is 1. The number of hydrazone groups is 1. The number of rotatable bonds is 3. The molecule has 1 aromatic carbocycles. The van der Waals surface area contributed by atoms with Gasteiger partial charge >= 0.3 is 0 Å². The molecule has 2 aromatic rings. The van der Waals surface area contributed by atoms with Crippen LogP contribution < -0.4 is 5.43 Å². The largest absolute Gasteiger partial charge is 0.350 e. The second-order valence-electron chi connectivity index (χ2n) is 7.28. The van der Waals surface area contributed by atoms with Gasteiger partial charge in [-0.25, -0.2) is 5.43 Å². The van der Waals surface area contributed by atoms with Crippen molar-refractivity contribution < 1.29 is 4.79 Å². The highest BCUT2D eigenvalue weighted by molar-refractivity contribution is 5.99. The molecular formula is C19H23N3O. The molecular weight excluding hydrogens is 286 g/mol. The van der Waals surface area contributed by atoms with E-state index >= 15 is 0 Å². The lowest BCUT2D eigenvalue weighted by Crippen LogP contribution is -2.22. The molecule has 2 saturated carbocycles. The van der Waals surface area contributed by atoms with Crippen LogP contribution in [0, 0.1) is 17.3 Å². The molecule has 2 aliphatic carbocycles. The van der Waals surface area contributed by atoms with Crippen molar-refractivity contribution in [2.24, 2.45) is 29.4 Å². The Bertz CT molecular complexity index is 791. The highest BCUT2D eigenvalue weighted by atomic mass is 16.2. The van der Waals surface area contributed by atoms with Crippen molar-refractivity contribution in [3.63, 3.8) is 0 Å². The zero-order chi connectivity index (χ0) is 16.0. The van der Waals surface area contributed by atoms with E-state index in [-0.39, 0.29) is 17.2 Å². The van der Waals surface area contributed by atoms with Crippen molar-refractivity contribution in [3.05, 3.63) is 36.0 Å². The maximum absolute atomic E-state index is 12.4. The van der Waals surface area contributed by atoms with Gasteiger partial charge < -0.3 is 4.57 Å². The molecule has 2 aliphatic rings. The Morgan fingerprint density at radius 1 is 1.39 bits per heavy atom. The summed E-state index contributed by atoms with van der Waals surface area (Å²) >= 11 is 0. The van der Waals surface area contributed by atoms with E-state index in [1.165, 1.54) is 31.2 Å². The number of aromatic nitrogens is 1. The van der Waals surface area contributed by atoms with E-state index in [1.54, 1.807) is 6.21 Å². The van der Waals surface area contributed by atoms with E-state index in [0.717, 1.165) is 10.9 Å². The highest BCUT2D eigenvalue weighted by Gasteiger charge is 2.64. The minimum atomic E-state index is 0.0934. The number of aryl methyl sites for hydroxylation is 1. The van der Waals surface area contributed by atoms with Gasteiger partial charge in [-0.3, -0.25) is 4.79 Å². The predicted octanol–water partition coefficient (Wildman–Crippen LogP) is 3.45. The zero-order valence-electron chi connectivity index (χ0n) is 13.7. The summed E-state index contributed by atoms with van der Waals surface area (Å²) in [7, 11) is 2.02. The summed E-state index contributed by atoms with van der Waals surface area (Å²) in [6.07, 6.45) is 8.71. The normalized spacial score (nSPS) is 29.7. The fourth-order valence-electron chi connectivity index (χ4n) is 4.56. The highest BCUT2D eigenvalue weighted by Crippen LogP contribution is 2.66. The standard InChI is InChI=1S/C19H23N3O/c1-19-10-6-5-8-15(19)17(19)18(23)21-20-11-13-12-22(2)16-9-4-3-7-14(13)16/h3-4,7,9,11-12,15,17H,5-6,8,10H2,1-2H3,(H,21,23)/b20-11-/t15-,17+,19+/m1/s1. The van der Waals surface area contributed by atoms with Crippen molar-refractivity contribution in [1.82, 2.24) is 9.99 Å². The van der Waals surface area contributed by atoms with Crippen molar-refractivity contribution in [1.29, 1.82) is 0 Å². The van der Waals surface area contributed by atoms with Gasteiger partial charge in [-0.15, -0.1) is 0 Å². The van der Waals surface area contributed by atoms with Crippen molar-refractivity contribution in [2.75, 3.05) is 0 Å². The topological polar surface area (TPSA) is 46.4 Å². The number of benzene rings is 1. The number of nitrogens with zero attached hydrogens (tertiary/aromatic N) is 2. The molecule has 1 aromatic heterocycles. The molecule has 3 atom stereocenters. The molecule has 120 valence electrons. The molecule has 1 amide bonds. The molecule has 4 nitrogen and oxygen atoms in total. The lowest BCUT2D eigenvalue weighted by atomic mass is 9.90. The third kappa shape index (κ3) is 2.28. The smallest absolute Gasteiger partial charge is 0.244 e. The van der Waals surface area contributed by atoms with Crippen LogP contribution in [0.5, 0.6) is 0 Å². The van der Waals surface area contributed by atoms with Crippen LogP contribution in [-0.4, -0.2) is 16.7 Å². The number of hydrogen-bond acceptors (Lipinski definition) is 2. The van der Waals surface area contributed by atoms with Crippen molar-refractivity contribution in [3.8, 4) is 0 Å².